The van der Waals surface area contributed by atoms with Gasteiger partial charge >= 0.3 is 17.9 Å². The number of allylic oxidation sites excluding steroid dienone is 8. The molecule has 0 aromatic carbocycles. The summed E-state index contributed by atoms with van der Waals surface area (Å²) in [6.45, 7) is 6.42. The predicted octanol–water partition coefficient (Wildman–Crippen LogP) is 15.5. The van der Waals surface area contributed by atoms with Gasteiger partial charge in [-0.3, -0.25) is 14.4 Å². The average molecular weight is 799 g/mol. The fourth-order valence-electron chi connectivity index (χ4n) is 6.68. The molecule has 0 aliphatic heterocycles. The molecule has 0 aromatic heterocycles. The van der Waals surface area contributed by atoms with Gasteiger partial charge in [0.15, 0.2) is 6.10 Å². The van der Waals surface area contributed by atoms with E-state index in [9.17, 15) is 14.4 Å². The van der Waals surface area contributed by atoms with E-state index in [1.165, 1.54) is 109 Å². The molecule has 0 aliphatic carbocycles. The summed E-state index contributed by atoms with van der Waals surface area (Å²) < 4.78 is 16.7. The van der Waals surface area contributed by atoms with Crippen LogP contribution in [0.15, 0.2) is 48.6 Å². The molecule has 1 unspecified atom stereocenters. The van der Waals surface area contributed by atoms with Crippen molar-refractivity contribution in [2.24, 2.45) is 0 Å². The van der Waals surface area contributed by atoms with Crippen LogP contribution < -0.4 is 0 Å². The van der Waals surface area contributed by atoms with Gasteiger partial charge in [-0.2, -0.15) is 0 Å². The van der Waals surface area contributed by atoms with Crippen molar-refractivity contribution in [3.8, 4) is 0 Å². The average Bonchev–Trinajstić information content (AvgIpc) is 3.21. The monoisotopic (exact) mass is 799 g/mol. The van der Waals surface area contributed by atoms with Crippen LogP contribution in [0.3, 0.4) is 0 Å². The first-order chi connectivity index (χ1) is 28.0. The second kappa shape index (κ2) is 46.1. The fraction of sp³-hybridized carbons (Fsp3) is 0.784. The fourth-order valence-corrected chi connectivity index (χ4v) is 6.68. The van der Waals surface area contributed by atoms with E-state index < -0.39 is 6.10 Å². The molecule has 57 heavy (non-hydrogen) atoms. The lowest BCUT2D eigenvalue weighted by Crippen LogP contribution is -2.30. The molecular formula is C51H90O6. The predicted molar refractivity (Wildman–Crippen MR) is 242 cm³/mol. The Kier molecular flexibility index (Phi) is 43.9. The summed E-state index contributed by atoms with van der Waals surface area (Å²) in [6, 6.07) is 0. The molecular weight excluding hydrogens is 709 g/mol. The smallest absolute Gasteiger partial charge is 0.306 e. The van der Waals surface area contributed by atoms with Crippen LogP contribution in [-0.4, -0.2) is 37.2 Å². The van der Waals surface area contributed by atoms with Gasteiger partial charge in [0.25, 0.3) is 0 Å². The Balaban J connectivity index is 4.32. The van der Waals surface area contributed by atoms with Crippen molar-refractivity contribution in [2.75, 3.05) is 13.2 Å². The van der Waals surface area contributed by atoms with Gasteiger partial charge in [0, 0.05) is 19.3 Å². The molecule has 0 amide bonds. The van der Waals surface area contributed by atoms with E-state index in [0.29, 0.717) is 19.3 Å². The molecule has 0 fully saturated rings. The number of ether oxygens (including phenoxy) is 3. The van der Waals surface area contributed by atoms with Gasteiger partial charge in [-0.05, 0) is 64.2 Å². The summed E-state index contributed by atoms with van der Waals surface area (Å²) in [4.78, 5) is 37.7. The van der Waals surface area contributed by atoms with Gasteiger partial charge in [-0.25, -0.2) is 0 Å². The van der Waals surface area contributed by atoms with Crippen LogP contribution >= 0.6 is 0 Å². The zero-order valence-corrected chi connectivity index (χ0v) is 37.6. The Morgan fingerprint density at radius 3 is 1.19 bits per heavy atom. The second-order valence-corrected chi connectivity index (χ2v) is 16.0. The van der Waals surface area contributed by atoms with Crippen LogP contribution in [0.5, 0.6) is 0 Å². The van der Waals surface area contributed by atoms with Crippen molar-refractivity contribution in [3.63, 3.8) is 0 Å². The van der Waals surface area contributed by atoms with Gasteiger partial charge in [-0.15, -0.1) is 0 Å². The number of hydrogen-bond acceptors (Lipinski definition) is 6. The third-order valence-corrected chi connectivity index (χ3v) is 10.3. The number of rotatable bonds is 43. The zero-order valence-electron chi connectivity index (χ0n) is 37.6. The molecule has 0 N–H and O–H groups in total. The molecule has 0 saturated carbocycles. The number of carbonyl (C=O) groups is 3. The largest absolute Gasteiger partial charge is 0.462 e. The second-order valence-electron chi connectivity index (χ2n) is 16.0. The van der Waals surface area contributed by atoms with Crippen molar-refractivity contribution in [1.82, 2.24) is 0 Å². The first-order valence-electron chi connectivity index (χ1n) is 24.1. The van der Waals surface area contributed by atoms with Gasteiger partial charge in [0.05, 0.1) is 0 Å². The SMILES string of the molecule is CC/C=C\C/C=C\C/C=C\CCCC(=O)OC(COC(=O)CCCCCC/C=C\CCCC)COC(=O)CCCCCCCCCCCCCCCCCCCC. The van der Waals surface area contributed by atoms with Gasteiger partial charge in [0.2, 0.25) is 0 Å². The Morgan fingerprint density at radius 1 is 0.368 bits per heavy atom. The Bertz CT molecular complexity index is 1010. The van der Waals surface area contributed by atoms with E-state index in [1.807, 2.05) is 0 Å². The van der Waals surface area contributed by atoms with E-state index in [2.05, 4.69) is 69.4 Å². The van der Waals surface area contributed by atoms with Gasteiger partial charge < -0.3 is 14.2 Å². The Labute approximate surface area is 352 Å². The maximum Gasteiger partial charge on any atom is 0.306 e. The summed E-state index contributed by atoms with van der Waals surface area (Å²) >= 11 is 0. The molecule has 0 bridgehead atoms. The van der Waals surface area contributed by atoms with E-state index >= 15 is 0 Å². The number of unbranched alkanes of at least 4 members (excludes halogenated alkanes) is 24. The highest BCUT2D eigenvalue weighted by molar-refractivity contribution is 5.71. The molecule has 0 rings (SSSR count). The van der Waals surface area contributed by atoms with Crippen LogP contribution in [0.4, 0.5) is 0 Å². The number of carbonyl (C=O) groups excluding carboxylic acids is 3. The summed E-state index contributed by atoms with van der Waals surface area (Å²) in [5.41, 5.74) is 0. The minimum absolute atomic E-state index is 0.0949. The summed E-state index contributed by atoms with van der Waals surface area (Å²) in [5.74, 6) is -0.962. The molecule has 0 heterocycles. The highest BCUT2D eigenvalue weighted by atomic mass is 16.6. The number of hydrogen-bond donors (Lipinski definition) is 0. The first kappa shape index (κ1) is 54.4. The Morgan fingerprint density at radius 2 is 0.719 bits per heavy atom. The molecule has 0 radical (unpaired) electrons. The van der Waals surface area contributed by atoms with Gasteiger partial charge in [0.1, 0.15) is 13.2 Å². The molecule has 330 valence electrons. The maximum absolute atomic E-state index is 12.7. The number of esters is 3. The van der Waals surface area contributed by atoms with E-state index in [-0.39, 0.29) is 37.5 Å². The third-order valence-electron chi connectivity index (χ3n) is 10.3. The van der Waals surface area contributed by atoms with Crippen LogP contribution in [-0.2, 0) is 28.6 Å². The van der Waals surface area contributed by atoms with Gasteiger partial charge in [-0.1, -0.05) is 204 Å². The van der Waals surface area contributed by atoms with Crippen molar-refractivity contribution in [1.29, 1.82) is 0 Å². The van der Waals surface area contributed by atoms with Crippen molar-refractivity contribution in [2.45, 2.75) is 245 Å². The lowest BCUT2D eigenvalue weighted by Gasteiger charge is -2.18. The standard InChI is InChI=1S/C51H90O6/c1-4-7-10-13-16-19-22-23-24-25-26-27-28-30-32-35-38-41-44-50(53)56-47-48(46-55-49(52)43-40-37-34-31-21-18-15-12-9-6-3)57-51(54)45-42-39-36-33-29-20-17-14-11-8-5-2/h8,11,15,17-18,20,33,36,48H,4-7,9-10,12-14,16,19,21-32,34-35,37-47H2,1-3H3/b11-8-,18-15-,20-17-,36-33-. The lowest BCUT2D eigenvalue weighted by atomic mass is 10.0. The minimum Gasteiger partial charge on any atom is -0.462 e. The molecule has 1 atom stereocenters. The van der Waals surface area contributed by atoms with Crippen molar-refractivity contribution in [3.05, 3.63) is 48.6 Å². The molecule has 0 saturated heterocycles. The maximum atomic E-state index is 12.7. The zero-order chi connectivity index (χ0) is 41.5. The molecule has 6 nitrogen and oxygen atoms in total. The molecule has 0 spiro atoms. The lowest BCUT2D eigenvalue weighted by molar-refractivity contribution is -0.167. The van der Waals surface area contributed by atoms with Crippen LogP contribution in [0.1, 0.15) is 239 Å². The van der Waals surface area contributed by atoms with Crippen LogP contribution in [0, 0.1) is 0 Å². The van der Waals surface area contributed by atoms with Crippen LogP contribution in [0.2, 0.25) is 0 Å². The highest BCUT2D eigenvalue weighted by Crippen LogP contribution is 2.15. The quantitative estimate of drug-likeness (QED) is 0.0265. The summed E-state index contributed by atoms with van der Waals surface area (Å²) in [7, 11) is 0. The van der Waals surface area contributed by atoms with Crippen molar-refractivity contribution < 1.29 is 28.6 Å². The molecule has 0 aromatic rings. The normalized spacial score (nSPS) is 12.4. The molecule has 6 heteroatoms. The minimum atomic E-state index is -0.798. The third kappa shape index (κ3) is 44.3. The van der Waals surface area contributed by atoms with Crippen molar-refractivity contribution >= 4 is 17.9 Å². The van der Waals surface area contributed by atoms with E-state index in [4.69, 9.17) is 14.2 Å². The van der Waals surface area contributed by atoms with E-state index in [1.54, 1.807) is 0 Å². The van der Waals surface area contributed by atoms with Crippen LogP contribution in [0.25, 0.3) is 0 Å². The first-order valence-corrected chi connectivity index (χ1v) is 24.1. The summed E-state index contributed by atoms with van der Waals surface area (Å²) in [6.07, 6.45) is 54.0. The Hall–Kier alpha value is -2.63. The van der Waals surface area contributed by atoms with E-state index in [0.717, 1.165) is 83.5 Å². The molecule has 0 aliphatic rings. The topological polar surface area (TPSA) is 78.9 Å². The summed E-state index contributed by atoms with van der Waals surface area (Å²) in [5, 5.41) is 0. The highest BCUT2D eigenvalue weighted by Gasteiger charge is 2.19.